The molecule has 1 aromatic carbocycles. The summed E-state index contributed by atoms with van der Waals surface area (Å²) >= 11 is 0. The molecule has 1 unspecified atom stereocenters. The Bertz CT molecular complexity index is 386. The molecule has 0 amide bonds. The van der Waals surface area contributed by atoms with Gasteiger partial charge in [0.1, 0.15) is 11.6 Å². The molecule has 0 saturated heterocycles. The van der Waals surface area contributed by atoms with E-state index in [1.165, 1.54) is 18.2 Å². The maximum absolute atomic E-state index is 13.1. The van der Waals surface area contributed by atoms with Crippen molar-refractivity contribution in [2.45, 2.75) is 13.0 Å². The van der Waals surface area contributed by atoms with Gasteiger partial charge in [0.15, 0.2) is 0 Å². The lowest BCUT2D eigenvalue weighted by atomic mass is 10.1. The molecule has 0 saturated carbocycles. The van der Waals surface area contributed by atoms with Crippen LogP contribution in [0.1, 0.15) is 18.5 Å². The fraction of sp³-hybridized carbons (Fsp3) is 0.571. The van der Waals surface area contributed by atoms with Crippen LogP contribution in [0.4, 0.5) is 4.39 Å². The van der Waals surface area contributed by atoms with Gasteiger partial charge in [0.2, 0.25) is 0 Å². The highest BCUT2D eigenvalue weighted by atomic mass is 19.1. The molecule has 1 aromatic rings. The summed E-state index contributed by atoms with van der Waals surface area (Å²) in [7, 11) is 3.99. The van der Waals surface area contributed by atoms with E-state index in [-0.39, 0.29) is 17.6 Å². The fourth-order valence-electron chi connectivity index (χ4n) is 1.68. The van der Waals surface area contributed by atoms with Crippen molar-refractivity contribution in [2.75, 3.05) is 40.4 Å². The van der Waals surface area contributed by atoms with Crippen LogP contribution < -0.4 is 5.32 Å². The Hall–Kier alpha value is -1.17. The molecule has 4 nitrogen and oxygen atoms in total. The van der Waals surface area contributed by atoms with Crippen LogP contribution in [0.5, 0.6) is 5.75 Å². The molecule has 0 fully saturated rings. The van der Waals surface area contributed by atoms with E-state index in [0.29, 0.717) is 25.3 Å². The van der Waals surface area contributed by atoms with Crippen LogP contribution in [-0.2, 0) is 4.74 Å². The number of halogens is 1. The molecular weight excluding hydrogens is 247 g/mol. The highest BCUT2D eigenvalue weighted by Gasteiger charge is 2.10. The van der Waals surface area contributed by atoms with Crippen LogP contribution in [0.2, 0.25) is 0 Å². The topological polar surface area (TPSA) is 44.7 Å². The van der Waals surface area contributed by atoms with Gasteiger partial charge in [-0.1, -0.05) is 0 Å². The number of nitrogens with one attached hydrogen (secondary N) is 1. The number of phenolic OH excluding ortho intramolecular Hbond substituents is 1. The maximum atomic E-state index is 13.1. The molecule has 0 spiro atoms. The van der Waals surface area contributed by atoms with Gasteiger partial charge in [-0.15, -0.1) is 0 Å². The Morgan fingerprint density at radius 2 is 2.11 bits per heavy atom. The first-order valence-electron chi connectivity index (χ1n) is 6.45. The number of likely N-dealkylation sites (N-methyl/N-ethyl adjacent to an activating group) is 1. The van der Waals surface area contributed by atoms with Crippen LogP contribution in [0.15, 0.2) is 18.2 Å². The van der Waals surface area contributed by atoms with E-state index in [0.717, 1.165) is 6.54 Å². The Balaban J connectivity index is 2.27. The predicted molar refractivity (Wildman–Crippen MR) is 73.9 cm³/mol. The molecule has 108 valence electrons. The summed E-state index contributed by atoms with van der Waals surface area (Å²) in [5, 5.41) is 12.9. The molecular formula is C14H23FN2O2. The largest absolute Gasteiger partial charge is 0.508 e. The van der Waals surface area contributed by atoms with Crippen LogP contribution in [-0.4, -0.2) is 50.4 Å². The Morgan fingerprint density at radius 3 is 2.79 bits per heavy atom. The fourth-order valence-corrected chi connectivity index (χ4v) is 1.68. The average molecular weight is 270 g/mol. The number of ether oxygens (including phenoxy) is 1. The van der Waals surface area contributed by atoms with Gasteiger partial charge >= 0.3 is 0 Å². The molecule has 19 heavy (non-hydrogen) atoms. The number of phenols is 1. The number of hydrogen-bond acceptors (Lipinski definition) is 4. The summed E-state index contributed by atoms with van der Waals surface area (Å²) in [6, 6.07) is 3.85. The van der Waals surface area contributed by atoms with E-state index in [2.05, 4.69) is 10.2 Å². The molecule has 0 aliphatic rings. The number of rotatable bonds is 8. The van der Waals surface area contributed by atoms with Crippen molar-refractivity contribution in [1.82, 2.24) is 10.2 Å². The highest BCUT2D eigenvalue weighted by molar-refractivity contribution is 5.34. The SMILES string of the molecule is CC(NCCOCCN(C)C)c1cc(F)ccc1O. The molecule has 0 radical (unpaired) electrons. The van der Waals surface area contributed by atoms with Crippen LogP contribution in [0, 0.1) is 5.82 Å². The van der Waals surface area contributed by atoms with E-state index in [4.69, 9.17) is 4.74 Å². The number of aromatic hydroxyl groups is 1. The minimum atomic E-state index is -0.344. The van der Waals surface area contributed by atoms with Crippen molar-refractivity contribution in [2.24, 2.45) is 0 Å². The Labute approximate surface area is 114 Å². The second-order valence-electron chi connectivity index (χ2n) is 4.79. The van der Waals surface area contributed by atoms with Crippen LogP contribution in [0.3, 0.4) is 0 Å². The monoisotopic (exact) mass is 270 g/mol. The molecule has 0 bridgehead atoms. The lowest BCUT2D eigenvalue weighted by molar-refractivity contribution is 0.118. The summed E-state index contributed by atoms with van der Waals surface area (Å²) < 4.78 is 18.5. The summed E-state index contributed by atoms with van der Waals surface area (Å²) in [5.41, 5.74) is 0.563. The highest BCUT2D eigenvalue weighted by Crippen LogP contribution is 2.24. The van der Waals surface area contributed by atoms with Crippen molar-refractivity contribution < 1.29 is 14.2 Å². The normalized spacial score (nSPS) is 12.9. The Morgan fingerprint density at radius 1 is 1.37 bits per heavy atom. The molecule has 1 rings (SSSR count). The van der Waals surface area contributed by atoms with Crippen molar-refractivity contribution in [1.29, 1.82) is 0 Å². The van der Waals surface area contributed by atoms with Gasteiger partial charge in [0.25, 0.3) is 0 Å². The van der Waals surface area contributed by atoms with Gasteiger partial charge in [0.05, 0.1) is 13.2 Å². The van der Waals surface area contributed by atoms with Crippen molar-refractivity contribution in [3.8, 4) is 5.75 Å². The van der Waals surface area contributed by atoms with E-state index in [1.54, 1.807) is 0 Å². The van der Waals surface area contributed by atoms with Crippen molar-refractivity contribution in [3.05, 3.63) is 29.6 Å². The first-order chi connectivity index (χ1) is 9.00. The van der Waals surface area contributed by atoms with E-state index in [1.807, 2.05) is 21.0 Å². The second kappa shape index (κ2) is 8.09. The van der Waals surface area contributed by atoms with Gasteiger partial charge in [-0.05, 0) is 39.2 Å². The third-order valence-electron chi connectivity index (χ3n) is 2.84. The van der Waals surface area contributed by atoms with Crippen molar-refractivity contribution >= 4 is 0 Å². The molecule has 5 heteroatoms. The van der Waals surface area contributed by atoms with Crippen LogP contribution >= 0.6 is 0 Å². The number of benzene rings is 1. The zero-order chi connectivity index (χ0) is 14.3. The standard InChI is InChI=1S/C14H23FN2O2/c1-11(13-10-12(15)4-5-14(13)18)16-6-8-19-9-7-17(2)3/h4-5,10-11,16,18H,6-9H2,1-3H3. The van der Waals surface area contributed by atoms with Crippen molar-refractivity contribution in [3.63, 3.8) is 0 Å². The molecule has 0 aliphatic heterocycles. The minimum Gasteiger partial charge on any atom is -0.508 e. The first-order valence-corrected chi connectivity index (χ1v) is 6.45. The summed E-state index contributed by atoms with van der Waals surface area (Å²) in [6.45, 7) is 4.71. The first kappa shape index (κ1) is 15.9. The van der Waals surface area contributed by atoms with E-state index < -0.39 is 0 Å². The van der Waals surface area contributed by atoms with Gasteiger partial charge in [-0.3, -0.25) is 0 Å². The lowest BCUT2D eigenvalue weighted by Gasteiger charge is -2.16. The molecule has 1 atom stereocenters. The predicted octanol–water partition coefficient (Wildman–Crippen LogP) is 1.76. The van der Waals surface area contributed by atoms with Crippen LogP contribution in [0.25, 0.3) is 0 Å². The summed E-state index contributed by atoms with van der Waals surface area (Å²) in [4.78, 5) is 2.06. The third-order valence-corrected chi connectivity index (χ3v) is 2.84. The molecule has 0 aromatic heterocycles. The quantitative estimate of drug-likeness (QED) is 0.707. The van der Waals surface area contributed by atoms with E-state index >= 15 is 0 Å². The summed E-state index contributed by atoms with van der Waals surface area (Å²) in [5.74, 6) is -0.237. The zero-order valence-corrected chi connectivity index (χ0v) is 11.8. The number of hydrogen-bond donors (Lipinski definition) is 2. The van der Waals surface area contributed by atoms with Gasteiger partial charge in [-0.25, -0.2) is 4.39 Å². The van der Waals surface area contributed by atoms with Gasteiger partial charge in [-0.2, -0.15) is 0 Å². The van der Waals surface area contributed by atoms with E-state index in [9.17, 15) is 9.50 Å². The summed E-state index contributed by atoms with van der Waals surface area (Å²) in [6.07, 6.45) is 0. The average Bonchev–Trinajstić information content (AvgIpc) is 2.36. The second-order valence-corrected chi connectivity index (χ2v) is 4.79. The smallest absolute Gasteiger partial charge is 0.123 e. The minimum absolute atomic E-state index is 0.106. The lowest BCUT2D eigenvalue weighted by Crippen LogP contribution is -2.25. The molecule has 0 heterocycles. The number of nitrogens with zero attached hydrogens (tertiary/aromatic N) is 1. The third kappa shape index (κ3) is 6.00. The Kier molecular flexibility index (Phi) is 6.77. The molecule has 2 N–H and O–H groups in total. The maximum Gasteiger partial charge on any atom is 0.123 e. The van der Waals surface area contributed by atoms with Gasteiger partial charge < -0.3 is 20.1 Å². The zero-order valence-electron chi connectivity index (χ0n) is 11.8. The molecule has 0 aliphatic carbocycles. The van der Waals surface area contributed by atoms with Gasteiger partial charge in [0, 0.05) is 24.7 Å².